The average Bonchev–Trinajstić information content (AvgIpc) is 1.18. The number of esters is 2. The molecule has 0 radical (unpaired) electrons. The van der Waals surface area contributed by atoms with Gasteiger partial charge in [-0.3, -0.25) is 19.4 Å². The minimum Gasteiger partial charge on any atom is -0.459 e. The molecule has 7 heterocycles. The number of aliphatic hydroxyl groups is 10. The number of cyclic esters (lactones) is 2. The number of terminal acetylenes is 1. The van der Waals surface area contributed by atoms with Crippen LogP contribution in [0.25, 0.3) is 10.4 Å². The van der Waals surface area contributed by atoms with Gasteiger partial charge in [0, 0.05) is 125 Å². The minimum absolute atomic E-state index is 0.103. The molecule has 0 spiro atoms. The number of nitrogens with zero attached hydrogens (tertiary/aromatic N) is 10. The summed E-state index contributed by atoms with van der Waals surface area (Å²) >= 11 is 0. The molecule has 7 aliphatic heterocycles. The number of aliphatic imine (C=N–C) groups is 1. The van der Waals surface area contributed by atoms with E-state index < -0.39 is 198 Å². The molecule has 0 bridgehead atoms. The number of hydrogen-bond donors (Lipinski definition) is 10. The molecule has 0 saturated carbocycles. The standard InChI is InChI=1S/C53H89N5O13.C46H76N2O12.C7H13N3O/c1-15-40-53(11,65)45(61)35(7)57(12)28-30(2)26-51(9,64)47(33(5)44(34(6)49(63)69-40)70-42-27-52(10,66-14)46(62)36(8)68-42)71-50-43(60)39(25-32(4)67-50)58(13)29-37-21-23-38(24-22-37)48-54-41(55-56-48)20-18-16-17-19-31(3)59;1-15-32-17-19-33(20-18-32)25-48(13)34-21-27(4)56-43(37(34)49)60-41-28(5)38(59-36-23-45(10,55-14)40(51)31(8)57-36)29(6)42(52)58-35(16-2)46(11,54)39(50)30(7)47(12)24-26(3)22-44(41,9)53;1-7(11)5-3-2-4-6-9-10-8/h21-24,30,32-36,39-47,50,60-62,64-65H,15-20,25-29H2,1-14H3;1,17-20,26-31,34-41,43,49-51,53-54H,16,21-25H2,2-14H3;2-6H2,1H3/t30-,32-,33+,34-,35-,36+,39+,40-,41?,42+,43-,44+,45-,46+,47-,50+,51-,52-,53-;26-,27-,28+,29-,30-,31+,34+,35-,36+,37-,38+,39-,40+,41-,43+,44-,45-,46-;/m11./s1. The van der Waals surface area contributed by atoms with Gasteiger partial charge in [-0.25, -0.2) is 4.99 Å². The molecule has 808 valence electrons. The van der Waals surface area contributed by atoms with Crippen molar-refractivity contribution >= 4 is 29.3 Å². The van der Waals surface area contributed by atoms with Gasteiger partial charge in [-0.15, -0.1) is 11.5 Å². The Hall–Kier alpha value is -6.10. The Labute approximate surface area is 844 Å². The Morgan fingerprint density at radius 3 is 1.31 bits per heavy atom. The molecule has 2 aromatic carbocycles. The lowest BCUT2D eigenvalue weighted by Crippen LogP contribution is -2.60. The van der Waals surface area contributed by atoms with Gasteiger partial charge in [0.25, 0.3) is 0 Å². The van der Waals surface area contributed by atoms with E-state index in [1.54, 1.807) is 96.9 Å². The number of carbonyl (C=O) groups is 4. The van der Waals surface area contributed by atoms with Crippen molar-refractivity contribution in [1.82, 2.24) is 19.6 Å². The maximum Gasteiger partial charge on any atom is 0.311 e. The normalized spacial score (nSPS) is 40.1. The molecule has 9 rings (SSSR count). The van der Waals surface area contributed by atoms with Crippen molar-refractivity contribution in [3.8, 4) is 12.3 Å². The number of unbranched alkanes of at least 4 members (excludes halogenated alkanes) is 4. The summed E-state index contributed by atoms with van der Waals surface area (Å²) in [6.45, 7) is 40.8. The highest BCUT2D eigenvalue weighted by atomic mass is 16.7. The lowest BCUT2D eigenvalue weighted by atomic mass is 9.77. The van der Waals surface area contributed by atoms with Crippen molar-refractivity contribution in [2.45, 2.75) is 461 Å². The third-order valence-electron chi connectivity index (χ3n) is 30.8. The number of carbonyl (C=O) groups excluding carboxylic acids is 4. The van der Waals surface area contributed by atoms with Crippen LogP contribution in [-0.2, 0) is 89.1 Å². The van der Waals surface area contributed by atoms with Crippen LogP contribution in [0.5, 0.6) is 0 Å². The highest BCUT2D eigenvalue weighted by Crippen LogP contribution is 2.45. The molecule has 142 heavy (non-hydrogen) atoms. The van der Waals surface area contributed by atoms with Crippen LogP contribution in [0.1, 0.15) is 284 Å². The van der Waals surface area contributed by atoms with Gasteiger partial charge in [-0.05, 0) is 250 Å². The van der Waals surface area contributed by atoms with Crippen LogP contribution < -0.4 is 0 Å². The number of hydrogen-bond acceptors (Lipinski definition) is 34. The Kier molecular flexibility index (Phi) is 47.5. The summed E-state index contributed by atoms with van der Waals surface area (Å²) < 4.78 is 76.4. The van der Waals surface area contributed by atoms with E-state index in [1.807, 2.05) is 128 Å². The number of likely N-dealkylation sites (N-methyl/N-ethyl adjacent to an activating group) is 4. The quantitative estimate of drug-likeness (QED) is 0.00837. The fourth-order valence-corrected chi connectivity index (χ4v) is 21.8. The number of azo groups is 1. The van der Waals surface area contributed by atoms with Crippen LogP contribution in [0, 0.1) is 47.9 Å². The SMILES string of the molecule is C#Cc1ccc(CN(C)[C@H]2C[C@@H](C)O[C@@H](O[C@@H]3[C@@H](C)[C@H](O[C@H]4C[C@@](C)(OC)[C@@H](O)[C@H](C)O4)[C@@H](C)C(=O)O[C@H](CC)[C@@](C)(O)[C@H](O)[C@@H](C)N(C)C[C@H](C)C[C@@]3(C)O)[C@@H]2O)cc1.CC(=O)CCCCCN=[N+]=[N-].CC[C@H]1OC(=O)[C@H](C)[C@@H](O[C@H]2C[C@@](C)(OC)[C@@H](O)[C@H](C)O2)[C@H](C)[C@@H](O[C@@H]2O[C@H](C)C[C@H](N(C)Cc3ccc(C4=NC(CCCCCC(C)=O)N=N4)cc3)[C@H]2O)[C@](C)(O)C[C@@H](C)CN(C)[C@H](C)[C@@H](O)[C@]1(C)O. The second kappa shape index (κ2) is 54.9. The number of methoxy groups -OCH3 is 2. The van der Waals surface area contributed by atoms with E-state index in [0.717, 1.165) is 67.2 Å². The molecule has 0 aliphatic carbocycles. The molecule has 0 amide bonds. The lowest BCUT2D eigenvalue weighted by molar-refractivity contribution is -0.318. The van der Waals surface area contributed by atoms with E-state index in [9.17, 15) is 70.2 Å². The van der Waals surface area contributed by atoms with Crippen molar-refractivity contribution in [3.63, 3.8) is 0 Å². The van der Waals surface area contributed by atoms with Crippen molar-refractivity contribution in [1.29, 1.82) is 0 Å². The molecule has 37 atom stereocenters. The number of azide groups is 1. The summed E-state index contributed by atoms with van der Waals surface area (Å²) in [5, 5.41) is 131. The van der Waals surface area contributed by atoms with E-state index in [1.165, 1.54) is 28.1 Å². The van der Waals surface area contributed by atoms with Crippen LogP contribution >= 0.6 is 0 Å². The Bertz CT molecular complexity index is 4370. The first-order valence-electron chi connectivity index (χ1n) is 51.6. The first-order chi connectivity index (χ1) is 66.4. The minimum atomic E-state index is -1.84. The smallest absolute Gasteiger partial charge is 0.311 e. The summed E-state index contributed by atoms with van der Waals surface area (Å²) in [4.78, 5) is 65.9. The van der Waals surface area contributed by atoms with Crippen molar-refractivity contribution in [3.05, 3.63) is 81.2 Å². The Balaban J connectivity index is 0.000000352. The van der Waals surface area contributed by atoms with Gasteiger partial charge in [0.2, 0.25) is 0 Å². The number of benzene rings is 2. The predicted molar refractivity (Wildman–Crippen MR) is 537 cm³/mol. The van der Waals surface area contributed by atoms with Gasteiger partial charge in [-0.2, -0.15) is 5.11 Å². The second-order valence-electron chi connectivity index (χ2n) is 43.7. The Morgan fingerprint density at radius 2 is 0.944 bits per heavy atom. The Morgan fingerprint density at radius 1 is 0.556 bits per heavy atom. The summed E-state index contributed by atoms with van der Waals surface area (Å²) in [5.41, 5.74) is 2.57. The number of rotatable bonds is 31. The van der Waals surface area contributed by atoms with Gasteiger partial charge in [0.1, 0.15) is 71.6 Å². The van der Waals surface area contributed by atoms with E-state index in [2.05, 4.69) is 36.0 Å². The highest BCUT2D eigenvalue weighted by molar-refractivity contribution is 6.00. The molecule has 2 aromatic rings. The maximum absolute atomic E-state index is 14.5. The summed E-state index contributed by atoms with van der Waals surface area (Å²) in [5.74, 6) is -1.82. The summed E-state index contributed by atoms with van der Waals surface area (Å²) in [6.07, 6.45) is -4.89. The van der Waals surface area contributed by atoms with Crippen molar-refractivity contribution in [2.75, 3.05) is 62.0 Å². The molecule has 0 aromatic heterocycles. The topological polar surface area (TPSA) is 480 Å². The van der Waals surface area contributed by atoms with E-state index in [-0.39, 0.29) is 86.3 Å². The van der Waals surface area contributed by atoms with Crippen molar-refractivity contribution < 1.29 is 127 Å². The summed E-state index contributed by atoms with van der Waals surface area (Å²) in [7, 11) is 10.6. The van der Waals surface area contributed by atoms with Gasteiger partial charge in [-0.1, -0.05) is 102 Å². The zero-order valence-corrected chi connectivity index (χ0v) is 90.1. The molecule has 1 unspecified atom stereocenters. The first kappa shape index (κ1) is 123. The maximum atomic E-state index is 14.5. The average molecular weight is 2010 g/mol. The van der Waals surface area contributed by atoms with Crippen LogP contribution in [0.4, 0.5) is 0 Å². The second-order valence-corrected chi connectivity index (χ2v) is 43.7. The zero-order valence-electron chi connectivity index (χ0n) is 90.1. The number of ketones is 2. The number of aliphatic hydroxyl groups excluding tert-OH is 6. The summed E-state index contributed by atoms with van der Waals surface area (Å²) in [6, 6.07) is 13.7. The van der Waals surface area contributed by atoms with E-state index in [0.29, 0.717) is 64.2 Å². The van der Waals surface area contributed by atoms with E-state index in [4.69, 9.17) is 73.8 Å². The molecule has 7 aliphatic rings. The van der Waals surface area contributed by atoms with Crippen LogP contribution in [0.3, 0.4) is 0 Å². The molecule has 6 fully saturated rings. The first-order valence-corrected chi connectivity index (χ1v) is 51.6. The predicted octanol–water partition coefficient (Wildman–Crippen LogP) is 11.4. The van der Waals surface area contributed by atoms with Crippen molar-refractivity contribution in [2.24, 2.45) is 55.8 Å². The molecule has 10 N–H and O–H groups in total. The van der Waals surface area contributed by atoms with Gasteiger partial charge in [0.05, 0.1) is 83.1 Å². The van der Waals surface area contributed by atoms with Crippen LogP contribution in [-0.4, -0.2) is 349 Å². The van der Waals surface area contributed by atoms with Gasteiger partial charge in [0.15, 0.2) is 37.2 Å². The monoisotopic (exact) mass is 2010 g/mol. The molecule has 36 heteroatoms. The fourth-order valence-electron chi connectivity index (χ4n) is 21.8. The van der Waals surface area contributed by atoms with E-state index >= 15 is 0 Å². The lowest BCUT2D eigenvalue weighted by Gasteiger charge is -2.49. The van der Waals surface area contributed by atoms with Crippen LogP contribution in [0.15, 0.2) is 68.9 Å². The molecular weight excluding hydrogens is 1830 g/mol. The number of amidine groups is 1. The largest absolute Gasteiger partial charge is 0.459 e. The van der Waals surface area contributed by atoms with Crippen LogP contribution in [0.2, 0.25) is 0 Å². The van der Waals surface area contributed by atoms with Gasteiger partial charge < -0.3 is 127 Å². The third-order valence-corrected chi connectivity index (χ3v) is 30.8. The molecule has 6 saturated heterocycles. The molecule has 36 nitrogen and oxygen atoms in total. The molecular formula is C106H178N10O26. The van der Waals surface area contributed by atoms with Gasteiger partial charge >= 0.3 is 11.9 Å². The third kappa shape index (κ3) is 33.2. The highest BCUT2D eigenvalue weighted by Gasteiger charge is 2.57. The fraction of sp³-hybridized carbons (Fsp3) is 0.821. The number of ether oxygens (including phenoxy) is 12. The zero-order chi connectivity index (χ0) is 106. The number of Topliss-reactive ketones (excluding diaryl/α,β-unsaturated/α-hetero) is 2.